The molecule has 2 atom stereocenters. The summed E-state index contributed by atoms with van der Waals surface area (Å²) in [5.41, 5.74) is 1.89. The highest BCUT2D eigenvalue weighted by Gasteiger charge is 2.37. The summed E-state index contributed by atoms with van der Waals surface area (Å²) in [7, 11) is 0. The van der Waals surface area contributed by atoms with Crippen LogP contribution < -0.4 is 10.2 Å². The number of ether oxygens (including phenoxy) is 1. The molecule has 2 aromatic carbocycles. The number of carbonyl (C=O) groups excluding carboxylic acids is 3. The molecule has 6 nitrogen and oxygen atoms in total. The van der Waals surface area contributed by atoms with Gasteiger partial charge in [-0.2, -0.15) is 0 Å². The first-order valence-corrected chi connectivity index (χ1v) is 10.0. The van der Waals surface area contributed by atoms with E-state index in [-0.39, 0.29) is 30.5 Å². The van der Waals surface area contributed by atoms with Gasteiger partial charge >= 0.3 is 5.97 Å². The van der Waals surface area contributed by atoms with Crippen LogP contribution in [-0.4, -0.2) is 30.9 Å². The van der Waals surface area contributed by atoms with Gasteiger partial charge in [0.25, 0.3) is 5.91 Å². The number of anilines is 2. The SMILES string of the molecule is CC[C@@H](C)c1ccccc1N1C[C@H](C(=O)OCC(=O)Nc2ccccc2F)CC1=O. The second kappa shape index (κ2) is 9.52. The summed E-state index contributed by atoms with van der Waals surface area (Å²) in [4.78, 5) is 38.6. The van der Waals surface area contributed by atoms with E-state index in [1.54, 1.807) is 11.0 Å². The van der Waals surface area contributed by atoms with Gasteiger partial charge in [-0.1, -0.05) is 44.2 Å². The van der Waals surface area contributed by atoms with Crippen molar-refractivity contribution in [3.63, 3.8) is 0 Å². The molecule has 0 unspecified atom stereocenters. The lowest BCUT2D eigenvalue weighted by Crippen LogP contribution is -2.29. The average Bonchev–Trinajstić information content (AvgIpc) is 3.14. The molecule has 158 valence electrons. The molecule has 7 heteroatoms. The number of benzene rings is 2. The molecule has 1 aliphatic rings. The van der Waals surface area contributed by atoms with Crippen molar-refractivity contribution in [1.82, 2.24) is 0 Å². The van der Waals surface area contributed by atoms with Crippen molar-refractivity contribution in [2.24, 2.45) is 5.92 Å². The van der Waals surface area contributed by atoms with Crippen LogP contribution in [0.1, 0.15) is 38.2 Å². The van der Waals surface area contributed by atoms with Crippen LogP contribution in [0, 0.1) is 11.7 Å². The number of nitrogens with zero attached hydrogens (tertiary/aromatic N) is 1. The Balaban J connectivity index is 1.59. The van der Waals surface area contributed by atoms with Crippen LogP contribution in [0.5, 0.6) is 0 Å². The third kappa shape index (κ3) is 4.84. The van der Waals surface area contributed by atoms with Gasteiger partial charge in [0, 0.05) is 18.7 Å². The molecule has 1 N–H and O–H groups in total. The van der Waals surface area contributed by atoms with Crippen molar-refractivity contribution in [1.29, 1.82) is 0 Å². The number of hydrogen-bond donors (Lipinski definition) is 1. The molecule has 3 rings (SSSR count). The summed E-state index contributed by atoms with van der Waals surface area (Å²) in [6.45, 7) is 3.85. The third-order valence-electron chi connectivity index (χ3n) is 5.32. The number of esters is 1. The second-order valence-corrected chi connectivity index (χ2v) is 7.41. The molecule has 1 heterocycles. The molecule has 0 spiro atoms. The lowest BCUT2D eigenvalue weighted by atomic mass is 9.96. The summed E-state index contributed by atoms with van der Waals surface area (Å²) >= 11 is 0. The van der Waals surface area contributed by atoms with Gasteiger partial charge in [-0.05, 0) is 36.1 Å². The molecule has 1 aliphatic heterocycles. The number of carbonyl (C=O) groups is 3. The van der Waals surface area contributed by atoms with Gasteiger partial charge in [0.2, 0.25) is 5.91 Å². The Morgan fingerprint density at radius 2 is 1.90 bits per heavy atom. The standard InChI is InChI=1S/C23H25FN2O4/c1-3-15(2)17-8-4-7-11-20(17)26-13-16(12-22(26)28)23(29)30-14-21(27)25-19-10-6-5-9-18(19)24/h4-11,15-16H,3,12-14H2,1-2H3,(H,25,27)/t15-,16-/m1/s1. The predicted molar refractivity (Wildman–Crippen MR) is 112 cm³/mol. The van der Waals surface area contributed by atoms with E-state index in [0.29, 0.717) is 0 Å². The van der Waals surface area contributed by atoms with Crippen molar-refractivity contribution >= 4 is 29.2 Å². The van der Waals surface area contributed by atoms with Gasteiger partial charge < -0.3 is 15.0 Å². The van der Waals surface area contributed by atoms with E-state index < -0.39 is 30.2 Å². The Hall–Kier alpha value is -3.22. The fourth-order valence-corrected chi connectivity index (χ4v) is 3.47. The first-order chi connectivity index (χ1) is 14.4. The summed E-state index contributed by atoms with van der Waals surface area (Å²) in [6, 6.07) is 13.4. The lowest BCUT2D eigenvalue weighted by Gasteiger charge is -2.23. The number of nitrogens with one attached hydrogen (secondary N) is 1. The Kier molecular flexibility index (Phi) is 6.82. The maximum absolute atomic E-state index is 13.6. The number of para-hydroxylation sites is 2. The van der Waals surface area contributed by atoms with E-state index in [4.69, 9.17) is 4.74 Å². The highest BCUT2D eigenvalue weighted by atomic mass is 19.1. The molecular weight excluding hydrogens is 387 g/mol. The fourth-order valence-electron chi connectivity index (χ4n) is 3.47. The molecule has 2 aromatic rings. The van der Waals surface area contributed by atoms with E-state index >= 15 is 0 Å². The lowest BCUT2D eigenvalue weighted by molar-refractivity contribution is -0.151. The molecule has 0 radical (unpaired) electrons. The Morgan fingerprint density at radius 1 is 1.20 bits per heavy atom. The van der Waals surface area contributed by atoms with Crippen molar-refractivity contribution in [2.45, 2.75) is 32.6 Å². The summed E-state index contributed by atoms with van der Waals surface area (Å²) in [6.07, 6.45) is 0.963. The van der Waals surface area contributed by atoms with E-state index in [1.165, 1.54) is 18.2 Å². The first kappa shape index (κ1) is 21.5. The normalized spacial score (nSPS) is 17.0. The van der Waals surface area contributed by atoms with Crippen LogP contribution in [0.4, 0.5) is 15.8 Å². The number of rotatable bonds is 7. The maximum atomic E-state index is 13.6. The van der Waals surface area contributed by atoms with Crippen molar-refractivity contribution in [2.75, 3.05) is 23.4 Å². The number of hydrogen-bond acceptors (Lipinski definition) is 4. The van der Waals surface area contributed by atoms with Crippen molar-refractivity contribution in [3.8, 4) is 0 Å². The second-order valence-electron chi connectivity index (χ2n) is 7.41. The van der Waals surface area contributed by atoms with Gasteiger partial charge in [-0.25, -0.2) is 4.39 Å². The van der Waals surface area contributed by atoms with Crippen molar-refractivity contribution < 1.29 is 23.5 Å². The van der Waals surface area contributed by atoms with E-state index in [2.05, 4.69) is 19.2 Å². The topological polar surface area (TPSA) is 75.7 Å². The van der Waals surface area contributed by atoms with Crippen LogP contribution in [0.3, 0.4) is 0 Å². The average molecular weight is 412 g/mol. The predicted octanol–water partition coefficient (Wildman–Crippen LogP) is 3.87. The van der Waals surface area contributed by atoms with Gasteiger partial charge in [0.05, 0.1) is 11.6 Å². The molecule has 0 bridgehead atoms. The third-order valence-corrected chi connectivity index (χ3v) is 5.32. The molecule has 1 saturated heterocycles. The highest BCUT2D eigenvalue weighted by Crippen LogP contribution is 2.33. The minimum Gasteiger partial charge on any atom is -0.455 e. The summed E-state index contributed by atoms with van der Waals surface area (Å²) in [5.74, 6) is -2.35. The fraction of sp³-hybridized carbons (Fsp3) is 0.348. The molecule has 0 aliphatic carbocycles. The quantitative estimate of drug-likeness (QED) is 0.701. The van der Waals surface area contributed by atoms with Gasteiger partial charge in [-0.15, -0.1) is 0 Å². The zero-order valence-electron chi connectivity index (χ0n) is 17.1. The van der Waals surface area contributed by atoms with Crippen LogP contribution in [0.15, 0.2) is 48.5 Å². The molecule has 2 amide bonds. The summed E-state index contributed by atoms with van der Waals surface area (Å²) in [5, 5.41) is 2.36. The number of amides is 2. The Labute approximate surface area is 175 Å². The minimum atomic E-state index is -0.649. The first-order valence-electron chi connectivity index (χ1n) is 10.0. The zero-order valence-corrected chi connectivity index (χ0v) is 17.1. The van der Waals surface area contributed by atoms with Gasteiger partial charge in [0.15, 0.2) is 6.61 Å². The minimum absolute atomic E-state index is 0.0161. The van der Waals surface area contributed by atoms with Crippen LogP contribution in [-0.2, 0) is 19.1 Å². The Morgan fingerprint density at radius 3 is 2.63 bits per heavy atom. The summed E-state index contributed by atoms with van der Waals surface area (Å²) < 4.78 is 18.7. The molecule has 0 saturated carbocycles. The largest absolute Gasteiger partial charge is 0.455 e. The van der Waals surface area contributed by atoms with Gasteiger partial charge in [0.1, 0.15) is 5.82 Å². The monoisotopic (exact) mass is 412 g/mol. The van der Waals surface area contributed by atoms with Crippen LogP contribution >= 0.6 is 0 Å². The van der Waals surface area contributed by atoms with E-state index in [0.717, 1.165) is 17.7 Å². The molecular formula is C23H25FN2O4. The van der Waals surface area contributed by atoms with E-state index in [9.17, 15) is 18.8 Å². The van der Waals surface area contributed by atoms with Gasteiger partial charge in [-0.3, -0.25) is 14.4 Å². The molecule has 30 heavy (non-hydrogen) atoms. The molecule has 1 fully saturated rings. The maximum Gasteiger partial charge on any atom is 0.311 e. The molecule has 0 aromatic heterocycles. The number of halogens is 1. The van der Waals surface area contributed by atoms with Crippen LogP contribution in [0.25, 0.3) is 0 Å². The zero-order chi connectivity index (χ0) is 21.7. The highest BCUT2D eigenvalue weighted by molar-refractivity contribution is 6.00. The Bertz CT molecular complexity index is 946. The smallest absolute Gasteiger partial charge is 0.311 e. The van der Waals surface area contributed by atoms with Crippen LogP contribution in [0.2, 0.25) is 0 Å². The van der Waals surface area contributed by atoms with E-state index in [1.807, 2.05) is 24.3 Å². The van der Waals surface area contributed by atoms with Crippen molar-refractivity contribution in [3.05, 3.63) is 59.9 Å².